The molecular weight excluding hydrogens is 302 g/mol. The molecule has 5 nitrogen and oxygen atoms in total. The second-order valence-electron chi connectivity index (χ2n) is 5.58. The third kappa shape index (κ3) is 5.93. The Morgan fingerprint density at radius 1 is 1.23 bits per heavy atom. The van der Waals surface area contributed by atoms with Crippen LogP contribution in [0.4, 0.5) is 5.69 Å². The van der Waals surface area contributed by atoms with Gasteiger partial charge in [0.25, 0.3) is 0 Å². The number of benzene rings is 1. The molecule has 6 heteroatoms. The fraction of sp³-hybridized carbons (Fsp3) is 0.500. The SMILES string of the molecule is O=C(O)CN=C(NCC1CCCCC1)Nc1ccc(Cl)cc1. The van der Waals surface area contributed by atoms with Crippen molar-refractivity contribution < 1.29 is 9.90 Å². The molecule has 1 aromatic rings. The van der Waals surface area contributed by atoms with Gasteiger partial charge < -0.3 is 15.7 Å². The Bertz CT molecular complexity index is 511. The largest absolute Gasteiger partial charge is 0.480 e. The summed E-state index contributed by atoms with van der Waals surface area (Å²) >= 11 is 5.86. The molecule has 0 aliphatic heterocycles. The third-order valence-corrected chi connectivity index (χ3v) is 4.01. The highest BCUT2D eigenvalue weighted by molar-refractivity contribution is 6.30. The monoisotopic (exact) mass is 323 g/mol. The number of nitrogens with zero attached hydrogens (tertiary/aromatic N) is 1. The summed E-state index contributed by atoms with van der Waals surface area (Å²) in [5, 5.41) is 15.8. The van der Waals surface area contributed by atoms with Gasteiger partial charge in [-0.15, -0.1) is 0 Å². The maximum atomic E-state index is 10.7. The summed E-state index contributed by atoms with van der Waals surface area (Å²) in [6, 6.07) is 7.22. The van der Waals surface area contributed by atoms with Crippen molar-refractivity contribution in [1.29, 1.82) is 0 Å². The molecule has 0 spiro atoms. The Morgan fingerprint density at radius 2 is 1.91 bits per heavy atom. The van der Waals surface area contributed by atoms with Gasteiger partial charge in [0.2, 0.25) is 0 Å². The molecular formula is C16H22ClN3O2. The predicted octanol–water partition coefficient (Wildman–Crippen LogP) is 3.36. The average Bonchev–Trinajstić information content (AvgIpc) is 2.53. The van der Waals surface area contributed by atoms with Crippen LogP contribution in [0, 0.1) is 5.92 Å². The molecule has 0 bridgehead atoms. The van der Waals surface area contributed by atoms with Gasteiger partial charge in [-0.1, -0.05) is 30.9 Å². The van der Waals surface area contributed by atoms with E-state index in [-0.39, 0.29) is 6.54 Å². The maximum absolute atomic E-state index is 10.7. The van der Waals surface area contributed by atoms with E-state index < -0.39 is 5.97 Å². The fourth-order valence-electron chi connectivity index (χ4n) is 2.59. The smallest absolute Gasteiger partial charge is 0.325 e. The number of carboxylic acids is 1. The molecule has 2 rings (SSSR count). The lowest BCUT2D eigenvalue weighted by molar-refractivity contribution is -0.135. The predicted molar refractivity (Wildman–Crippen MR) is 89.6 cm³/mol. The van der Waals surface area contributed by atoms with Gasteiger partial charge in [0.15, 0.2) is 5.96 Å². The van der Waals surface area contributed by atoms with Gasteiger partial charge in [-0.3, -0.25) is 4.79 Å². The highest BCUT2D eigenvalue weighted by Crippen LogP contribution is 2.22. The molecule has 1 aliphatic carbocycles. The Kier molecular flexibility index (Phi) is 6.52. The van der Waals surface area contributed by atoms with Gasteiger partial charge in [-0.05, 0) is 43.0 Å². The highest BCUT2D eigenvalue weighted by Gasteiger charge is 2.14. The van der Waals surface area contributed by atoms with Crippen molar-refractivity contribution >= 4 is 29.2 Å². The molecule has 1 aliphatic rings. The van der Waals surface area contributed by atoms with E-state index in [9.17, 15) is 4.79 Å². The van der Waals surface area contributed by atoms with E-state index in [4.69, 9.17) is 16.7 Å². The van der Waals surface area contributed by atoms with E-state index in [1.807, 2.05) is 12.1 Å². The second-order valence-corrected chi connectivity index (χ2v) is 6.01. The number of aliphatic carboxylic acids is 1. The molecule has 1 saturated carbocycles. The number of hydrogen-bond donors (Lipinski definition) is 3. The molecule has 0 radical (unpaired) electrons. The molecule has 0 atom stereocenters. The summed E-state index contributed by atoms with van der Waals surface area (Å²) in [4.78, 5) is 14.8. The average molecular weight is 324 g/mol. The Morgan fingerprint density at radius 3 is 2.55 bits per heavy atom. The van der Waals surface area contributed by atoms with Crippen LogP contribution in [0.5, 0.6) is 0 Å². The molecule has 3 N–H and O–H groups in total. The molecule has 0 aromatic heterocycles. The summed E-state index contributed by atoms with van der Waals surface area (Å²) in [5.41, 5.74) is 0.824. The van der Waals surface area contributed by atoms with Crippen molar-refractivity contribution in [2.45, 2.75) is 32.1 Å². The van der Waals surface area contributed by atoms with Crippen LogP contribution in [0.25, 0.3) is 0 Å². The van der Waals surface area contributed by atoms with Crippen LogP contribution >= 0.6 is 11.6 Å². The molecule has 0 unspecified atom stereocenters. The topological polar surface area (TPSA) is 73.7 Å². The van der Waals surface area contributed by atoms with Gasteiger partial charge in [0.1, 0.15) is 6.54 Å². The van der Waals surface area contributed by atoms with E-state index in [2.05, 4.69) is 15.6 Å². The minimum atomic E-state index is -0.949. The molecule has 0 heterocycles. The van der Waals surface area contributed by atoms with Crippen LogP contribution in [-0.2, 0) is 4.79 Å². The van der Waals surface area contributed by atoms with Gasteiger partial charge in [0.05, 0.1) is 0 Å². The number of rotatable bonds is 5. The zero-order chi connectivity index (χ0) is 15.8. The Hall–Kier alpha value is -1.75. The zero-order valence-electron chi connectivity index (χ0n) is 12.5. The minimum absolute atomic E-state index is 0.256. The summed E-state index contributed by atoms with van der Waals surface area (Å²) in [5.74, 6) is 0.181. The summed E-state index contributed by atoms with van der Waals surface area (Å²) < 4.78 is 0. The number of guanidine groups is 1. The number of anilines is 1. The van der Waals surface area contributed by atoms with E-state index >= 15 is 0 Å². The van der Waals surface area contributed by atoms with Crippen LogP contribution < -0.4 is 10.6 Å². The molecule has 120 valence electrons. The lowest BCUT2D eigenvalue weighted by Crippen LogP contribution is -2.35. The lowest BCUT2D eigenvalue weighted by Gasteiger charge is -2.23. The van der Waals surface area contributed by atoms with Crippen molar-refractivity contribution in [2.75, 3.05) is 18.4 Å². The van der Waals surface area contributed by atoms with Crippen LogP contribution in [0.2, 0.25) is 5.02 Å². The van der Waals surface area contributed by atoms with E-state index in [0.29, 0.717) is 16.9 Å². The van der Waals surface area contributed by atoms with Crippen LogP contribution in [0.1, 0.15) is 32.1 Å². The van der Waals surface area contributed by atoms with E-state index in [0.717, 1.165) is 12.2 Å². The molecule has 22 heavy (non-hydrogen) atoms. The van der Waals surface area contributed by atoms with Crippen LogP contribution in [0.3, 0.4) is 0 Å². The lowest BCUT2D eigenvalue weighted by atomic mass is 9.89. The van der Waals surface area contributed by atoms with Crippen molar-refractivity contribution in [2.24, 2.45) is 10.9 Å². The van der Waals surface area contributed by atoms with Crippen molar-refractivity contribution in [3.8, 4) is 0 Å². The molecule has 0 amide bonds. The van der Waals surface area contributed by atoms with Crippen molar-refractivity contribution in [3.63, 3.8) is 0 Å². The number of carboxylic acid groups (broad SMARTS) is 1. The van der Waals surface area contributed by atoms with Gasteiger partial charge in [0, 0.05) is 17.3 Å². The zero-order valence-corrected chi connectivity index (χ0v) is 13.3. The second kappa shape index (κ2) is 8.63. The number of nitrogens with one attached hydrogen (secondary N) is 2. The summed E-state index contributed by atoms with van der Waals surface area (Å²) in [6.07, 6.45) is 6.32. The normalized spacial score (nSPS) is 16.3. The van der Waals surface area contributed by atoms with Crippen molar-refractivity contribution in [1.82, 2.24) is 5.32 Å². The number of carbonyl (C=O) groups is 1. The molecule has 1 aromatic carbocycles. The summed E-state index contributed by atoms with van der Waals surface area (Å²) in [6.45, 7) is 0.562. The fourth-order valence-corrected chi connectivity index (χ4v) is 2.71. The third-order valence-electron chi connectivity index (χ3n) is 3.76. The van der Waals surface area contributed by atoms with Gasteiger partial charge in [-0.25, -0.2) is 4.99 Å². The van der Waals surface area contributed by atoms with Gasteiger partial charge in [-0.2, -0.15) is 0 Å². The number of hydrogen-bond acceptors (Lipinski definition) is 2. The quantitative estimate of drug-likeness (QED) is 0.574. The van der Waals surface area contributed by atoms with Gasteiger partial charge >= 0.3 is 5.97 Å². The molecule has 0 saturated heterocycles. The minimum Gasteiger partial charge on any atom is -0.480 e. The first-order valence-electron chi connectivity index (χ1n) is 7.66. The first-order chi connectivity index (χ1) is 10.6. The number of aliphatic imine (C=N–C) groups is 1. The van der Waals surface area contributed by atoms with E-state index in [1.54, 1.807) is 12.1 Å². The Labute approximate surface area is 135 Å². The summed E-state index contributed by atoms with van der Waals surface area (Å²) in [7, 11) is 0. The first kappa shape index (κ1) is 16.6. The number of halogens is 1. The highest BCUT2D eigenvalue weighted by atomic mass is 35.5. The van der Waals surface area contributed by atoms with Crippen LogP contribution in [-0.4, -0.2) is 30.1 Å². The Balaban J connectivity index is 1.94. The molecule has 1 fully saturated rings. The van der Waals surface area contributed by atoms with E-state index in [1.165, 1.54) is 32.1 Å². The van der Waals surface area contributed by atoms with Crippen molar-refractivity contribution in [3.05, 3.63) is 29.3 Å². The maximum Gasteiger partial charge on any atom is 0.325 e. The first-order valence-corrected chi connectivity index (χ1v) is 8.04. The standard InChI is InChI=1S/C16H22ClN3O2/c17-13-6-8-14(9-7-13)20-16(19-11-15(21)22)18-10-12-4-2-1-3-5-12/h6-9,12H,1-5,10-11H2,(H,21,22)(H2,18,19,20). The van der Waals surface area contributed by atoms with Crippen LogP contribution in [0.15, 0.2) is 29.3 Å².